The Balaban J connectivity index is 1.94. The fourth-order valence-corrected chi connectivity index (χ4v) is 2.82. The second-order valence-corrected chi connectivity index (χ2v) is 5.64. The second kappa shape index (κ2) is 5.99. The van der Waals surface area contributed by atoms with Crippen LogP contribution in [0.5, 0.6) is 0 Å². The highest BCUT2D eigenvalue weighted by atomic mass is 19.4. The van der Waals surface area contributed by atoms with Crippen molar-refractivity contribution in [3.63, 3.8) is 0 Å². The van der Waals surface area contributed by atoms with Gasteiger partial charge in [0.05, 0.1) is 13.2 Å². The quantitative estimate of drug-likeness (QED) is 0.712. The minimum absolute atomic E-state index is 0.0792. The monoisotopic (exact) mass is 349 g/mol. The lowest BCUT2D eigenvalue weighted by Gasteiger charge is -2.28. The number of alkyl halides is 3. The van der Waals surface area contributed by atoms with Crippen molar-refractivity contribution in [3.05, 3.63) is 42.2 Å². The van der Waals surface area contributed by atoms with Crippen LogP contribution in [0.3, 0.4) is 0 Å². The molecule has 1 fully saturated rings. The van der Waals surface area contributed by atoms with Gasteiger partial charge in [-0.1, -0.05) is 30.3 Å². The molecule has 1 saturated heterocycles. The number of nitrogens with zero attached hydrogens (tertiary/aromatic N) is 5. The van der Waals surface area contributed by atoms with E-state index in [1.165, 1.54) is 0 Å². The molecule has 3 heterocycles. The van der Waals surface area contributed by atoms with E-state index in [-0.39, 0.29) is 5.65 Å². The molecule has 0 saturated carbocycles. The van der Waals surface area contributed by atoms with E-state index in [4.69, 9.17) is 4.74 Å². The molecule has 1 aliphatic rings. The molecule has 0 unspecified atom stereocenters. The number of morpholine rings is 1. The summed E-state index contributed by atoms with van der Waals surface area (Å²) in [5, 5.41) is 11.2. The summed E-state index contributed by atoms with van der Waals surface area (Å²) in [5.74, 6) is -0.685. The molecule has 1 aromatic carbocycles. The van der Waals surface area contributed by atoms with Crippen molar-refractivity contribution in [2.75, 3.05) is 31.2 Å². The fourth-order valence-electron chi connectivity index (χ4n) is 2.82. The van der Waals surface area contributed by atoms with Crippen molar-refractivity contribution in [3.8, 4) is 11.1 Å². The Morgan fingerprint density at radius 2 is 1.72 bits per heavy atom. The van der Waals surface area contributed by atoms with Crippen molar-refractivity contribution < 1.29 is 17.9 Å². The molecule has 3 aromatic rings. The molecule has 25 heavy (non-hydrogen) atoms. The lowest BCUT2D eigenvalue weighted by molar-refractivity contribution is -0.146. The van der Waals surface area contributed by atoms with E-state index >= 15 is 0 Å². The third-order valence-corrected chi connectivity index (χ3v) is 4.03. The Labute approximate surface area is 140 Å². The van der Waals surface area contributed by atoms with E-state index in [2.05, 4.69) is 15.3 Å². The van der Waals surface area contributed by atoms with Gasteiger partial charge in [-0.15, -0.1) is 15.3 Å². The molecule has 9 heteroatoms. The van der Waals surface area contributed by atoms with Crippen molar-refractivity contribution in [2.45, 2.75) is 6.18 Å². The zero-order valence-corrected chi connectivity index (χ0v) is 13.1. The van der Waals surface area contributed by atoms with Gasteiger partial charge in [0, 0.05) is 18.7 Å². The van der Waals surface area contributed by atoms with Crippen LogP contribution in [0.4, 0.5) is 19.0 Å². The van der Waals surface area contributed by atoms with Crippen LogP contribution in [0.25, 0.3) is 16.8 Å². The first-order valence-electron chi connectivity index (χ1n) is 7.76. The van der Waals surface area contributed by atoms with Gasteiger partial charge >= 0.3 is 6.18 Å². The molecule has 0 amide bonds. The largest absolute Gasteiger partial charge is 0.453 e. The average Bonchev–Trinajstić information content (AvgIpc) is 3.07. The van der Waals surface area contributed by atoms with Crippen molar-refractivity contribution in [1.82, 2.24) is 19.8 Å². The van der Waals surface area contributed by atoms with Gasteiger partial charge in [0.2, 0.25) is 0 Å². The summed E-state index contributed by atoms with van der Waals surface area (Å²) in [6.45, 7) is 2.15. The van der Waals surface area contributed by atoms with E-state index in [1.54, 1.807) is 6.07 Å². The Morgan fingerprint density at radius 1 is 1.00 bits per heavy atom. The zero-order chi connectivity index (χ0) is 17.4. The first-order chi connectivity index (χ1) is 12.0. The van der Waals surface area contributed by atoms with Crippen LogP contribution in [0.1, 0.15) is 5.82 Å². The molecule has 0 bridgehead atoms. The van der Waals surface area contributed by atoms with Gasteiger partial charge in [0.25, 0.3) is 5.82 Å². The van der Waals surface area contributed by atoms with Crippen LogP contribution in [0, 0.1) is 0 Å². The molecule has 130 valence electrons. The van der Waals surface area contributed by atoms with Gasteiger partial charge in [-0.2, -0.15) is 17.7 Å². The molecular weight excluding hydrogens is 335 g/mol. The molecule has 0 radical (unpaired) electrons. The summed E-state index contributed by atoms with van der Waals surface area (Å²) in [7, 11) is 0. The molecule has 6 nitrogen and oxygen atoms in total. The van der Waals surface area contributed by atoms with E-state index in [0.29, 0.717) is 37.7 Å². The SMILES string of the molecule is FC(F)(F)c1nnc2c(-c3ccccc3)cc(N3CCOCC3)nn12. The summed E-state index contributed by atoms with van der Waals surface area (Å²) < 4.78 is 45.9. The second-order valence-electron chi connectivity index (χ2n) is 5.64. The average molecular weight is 349 g/mol. The van der Waals surface area contributed by atoms with Gasteiger partial charge in [0.1, 0.15) is 0 Å². The Kier molecular flexibility index (Phi) is 3.79. The standard InChI is InChI=1S/C16H14F3N5O/c17-16(18,19)15-21-20-14-12(11-4-2-1-3-5-11)10-13(22-24(14)15)23-6-8-25-9-7-23/h1-5,10H,6-9H2. The summed E-state index contributed by atoms with van der Waals surface area (Å²) >= 11 is 0. The smallest absolute Gasteiger partial charge is 0.378 e. The number of fused-ring (bicyclic) bond motifs is 1. The highest BCUT2D eigenvalue weighted by Crippen LogP contribution is 2.32. The van der Waals surface area contributed by atoms with Crippen LogP contribution in [0.2, 0.25) is 0 Å². The lowest BCUT2D eigenvalue weighted by atomic mass is 10.1. The highest BCUT2D eigenvalue weighted by molar-refractivity contribution is 5.79. The molecule has 0 N–H and O–H groups in total. The summed E-state index contributed by atoms with van der Waals surface area (Å²) in [4.78, 5) is 1.90. The maximum Gasteiger partial charge on any atom is 0.453 e. The predicted octanol–water partition coefficient (Wildman–Crippen LogP) is 2.65. The summed E-state index contributed by atoms with van der Waals surface area (Å²) in [6.07, 6.45) is -4.63. The van der Waals surface area contributed by atoms with Crippen LogP contribution < -0.4 is 4.90 Å². The maximum atomic E-state index is 13.3. The molecular formula is C16H14F3N5O. The number of ether oxygens (including phenoxy) is 1. The summed E-state index contributed by atoms with van der Waals surface area (Å²) in [6, 6.07) is 10.9. The first-order valence-corrected chi connectivity index (χ1v) is 7.76. The van der Waals surface area contributed by atoms with Gasteiger partial charge in [-0.3, -0.25) is 0 Å². The Morgan fingerprint density at radius 3 is 2.40 bits per heavy atom. The van der Waals surface area contributed by atoms with Gasteiger partial charge in [-0.05, 0) is 11.6 Å². The molecule has 4 rings (SSSR count). The van der Waals surface area contributed by atoms with Crippen LogP contribution in [-0.4, -0.2) is 46.1 Å². The number of hydrogen-bond donors (Lipinski definition) is 0. The number of anilines is 1. The summed E-state index contributed by atoms with van der Waals surface area (Å²) in [5.41, 5.74) is 1.39. The maximum absolute atomic E-state index is 13.3. The zero-order valence-electron chi connectivity index (χ0n) is 13.1. The third kappa shape index (κ3) is 2.91. The molecule has 0 atom stereocenters. The minimum Gasteiger partial charge on any atom is -0.378 e. The first kappa shape index (κ1) is 15.8. The number of halogens is 3. The van der Waals surface area contributed by atoms with Crippen molar-refractivity contribution >= 4 is 11.5 Å². The molecule has 0 aliphatic carbocycles. The number of hydrogen-bond acceptors (Lipinski definition) is 5. The molecule has 0 spiro atoms. The van der Waals surface area contributed by atoms with E-state index < -0.39 is 12.0 Å². The van der Waals surface area contributed by atoms with E-state index in [1.807, 2.05) is 35.2 Å². The normalized spacial score (nSPS) is 15.7. The van der Waals surface area contributed by atoms with Crippen molar-refractivity contribution in [2.24, 2.45) is 0 Å². The number of benzene rings is 1. The van der Waals surface area contributed by atoms with Gasteiger partial charge in [-0.25, -0.2) is 0 Å². The predicted molar refractivity (Wildman–Crippen MR) is 84.3 cm³/mol. The third-order valence-electron chi connectivity index (χ3n) is 4.03. The number of rotatable bonds is 2. The molecule has 1 aliphatic heterocycles. The highest BCUT2D eigenvalue weighted by Gasteiger charge is 2.38. The van der Waals surface area contributed by atoms with Crippen LogP contribution in [-0.2, 0) is 10.9 Å². The lowest BCUT2D eigenvalue weighted by Crippen LogP contribution is -2.37. The molecule has 2 aromatic heterocycles. The fraction of sp³-hybridized carbons (Fsp3) is 0.312. The van der Waals surface area contributed by atoms with Crippen molar-refractivity contribution in [1.29, 1.82) is 0 Å². The Hall–Kier alpha value is -2.68. The minimum atomic E-state index is -4.63. The van der Waals surface area contributed by atoms with Crippen LogP contribution in [0.15, 0.2) is 36.4 Å². The topological polar surface area (TPSA) is 55.5 Å². The van der Waals surface area contributed by atoms with Gasteiger partial charge < -0.3 is 9.64 Å². The van der Waals surface area contributed by atoms with E-state index in [0.717, 1.165) is 10.1 Å². The van der Waals surface area contributed by atoms with Gasteiger partial charge in [0.15, 0.2) is 11.5 Å². The van der Waals surface area contributed by atoms with Crippen LogP contribution >= 0.6 is 0 Å². The number of aromatic nitrogens is 4. The van der Waals surface area contributed by atoms with E-state index in [9.17, 15) is 13.2 Å². The Bertz CT molecular complexity index is 888.